The van der Waals surface area contributed by atoms with Crippen LogP contribution >= 0.6 is 0 Å². The van der Waals surface area contributed by atoms with E-state index in [4.69, 9.17) is 15.0 Å². The van der Waals surface area contributed by atoms with Gasteiger partial charge < -0.3 is 4.57 Å². The van der Waals surface area contributed by atoms with Crippen molar-refractivity contribution in [3.63, 3.8) is 0 Å². The minimum atomic E-state index is 0.634. The molecule has 0 amide bonds. The van der Waals surface area contributed by atoms with Gasteiger partial charge in [-0.25, -0.2) is 15.0 Å². The Labute approximate surface area is 307 Å². The molecular weight excluding hydrogens is 645 g/mol. The molecule has 0 unspecified atom stereocenters. The second-order valence-corrected chi connectivity index (χ2v) is 13.2. The van der Waals surface area contributed by atoms with Crippen LogP contribution in [0.25, 0.3) is 94.7 Å². The van der Waals surface area contributed by atoms with Crippen molar-refractivity contribution in [2.24, 2.45) is 0 Å². The molecule has 0 aliphatic rings. The van der Waals surface area contributed by atoms with Crippen LogP contribution in [0.5, 0.6) is 0 Å². The Kier molecular flexibility index (Phi) is 7.43. The first kappa shape index (κ1) is 30.6. The molecule has 10 aromatic rings. The van der Waals surface area contributed by atoms with Crippen LogP contribution in [-0.4, -0.2) is 19.5 Å². The maximum Gasteiger partial charge on any atom is 0.164 e. The zero-order chi connectivity index (χ0) is 35.1. The number of rotatable bonds is 6. The summed E-state index contributed by atoms with van der Waals surface area (Å²) in [6.45, 7) is 0. The van der Waals surface area contributed by atoms with E-state index < -0.39 is 0 Å². The average molecular weight is 677 g/mol. The first-order valence-electron chi connectivity index (χ1n) is 17.9. The molecule has 0 aliphatic heterocycles. The summed E-state index contributed by atoms with van der Waals surface area (Å²) in [5.74, 6) is 1.93. The fourth-order valence-electron chi connectivity index (χ4n) is 7.65. The predicted octanol–water partition coefficient (Wildman–Crippen LogP) is 12.5. The molecule has 0 saturated heterocycles. The van der Waals surface area contributed by atoms with Crippen LogP contribution in [-0.2, 0) is 0 Å². The highest BCUT2D eigenvalue weighted by atomic mass is 15.0. The van der Waals surface area contributed by atoms with Crippen molar-refractivity contribution in [3.05, 3.63) is 194 Å². The average Bonchev–Trinajstić information content (AvgIpc) is 3.59. The summed E-state index contributed by atoms with van der Waals surface area (Å²) in [7, 11) is 0. The molecule has 4 nitrogen and oxygen atoms in total. The number of hydrogen-bond donors (Lipinski definition) is 0. The van der Waals surface area contributed by atoms with E-state index >= 15 is 0 Å². The fraction of sp³-hybridized carbons (Fsp3) is 0. The molecular formula is C49H32N4. The molecule has 2 heterocycles. The Hall–Kier alpha value is -7.17. The third-order valence-electron chi connectivity index (χ3n) is 10.0. The maximum atomic E-state index is 5.05. The Morgan fingerprint density at radius 1 is 0.321 bits per heavy atom. The minimum Gasteiger partial charge on any atom is -0.309 e. The van der Waals surface area contributed by atoms with E-state index in [1.165, 1.54) is 32.7 Å². The highest BCUT2D eigenvalue weighted by molar-refractivity contribution is 6.22. The zero-order valence-electron chi connectivity index (χ0n) is 28.8. The molecule has 248 valence electrons. The van der Waals surface area contributed by atoms with Gasteiger partial charge in [0, 0.05) is 33.2 Å². The molecule has 4 heteroatoms. The zero-order valence-corrected chi connectivity index (χ0v) is 28.8. The van der Waals surface area contributed by atoms with Crippen molar-refractivity contribution in [2.75, 3.05) is 0 Å². The van der Waals surface area contributed by atoms with Gasteiger partial charge in [-0.2, -0.15) is 0 Å². The van der Waals surface area contributed by atoms with Crippen molar-refractivity contribution in [1.82, 2.24) is 19.5 Å². The number of para-hydroxylation sites is 1. The topological polar surface area (TPSA) is 43.6 Å². The van der Waals surface area contributed by atoms with E-state index in [2.05, 4.69) is 138 Å². The van der Waals surface area contributed by atoms with Gasteiger partial charge in [0.25, 0.3) is 0 Å². The van der Waals surface area contributed by atoms with Gasteiger partial charge in [0.15, 0.2) is 17.5 Å². The van der Waals surface area contributed by atoms with Crippen molar-refractivity contribution >= 4 is 32.6 Å². The smallest absolute Gasteiger partial charge is 0.164 e. The predicted molar refractivity (Wildman–Crippen MR) is 219 cm³/mol. The number of hydrogen-bond acceptors (Lipinski definition) is 3. The Balaban J connectivity index is 1.23. The Morgan fingerprint density at radius 2 is 0.774 bits per heavy atom. The quantitative estimate of drug-likeness (QED) is 0.176. The molecule has 8 aromatic carbocycles. The van der Waals surface area contributed by atoms with Gasteiger partial charge in [0.05, 0.1) is 11.0 Å². The first-order chi connectivity index (χ1) is 26.3. The monoisotopic (exact) mass is 676 g/mol. The number of benzene rings is 8. The molecule has 0 bridgehead atoms. The van der Waals surface area contributed by atoms with Crippen molar-refractivity contribution in [3.8, 4) is 62.1 Å². The van der Waals surface area contributed by atoms with Crippen molar-refractivity contribution < 1.29 is 0 Å². The molecule has 53 heavy (non-hydrogen) atoms. The van der Waals surface area contributed by atoms with Crippen LogP contribution < -0.4 is 0 Å². The number of aromatic nitrogens is 4. The van der Waals surface area contributed by atoms with E-state index in [-0.39, 0.29) is 0 Å². The summed E-state index contributed by atoms with van der Waals surface area (Å²) in [4.78, 5) is 15.0. The molecule has 0 spiro atoms. The standard InChI is InChI=1S/C49H32N4/c1-4-17-34(18-5-1)47-50-48(35-19-6-2-7-20-35)52-49(51-47)37-23-12-22-36(32-37)40-27-14-30-43-45(40)46-42(41-28-13-21-33-16-10-11-26-39(33)41)29-15-31-44(46)53(43)38-24-8-3-9-25-38/h1-32H. The van der Waals surface area contributed by atoms with Crippen LogP contribution in [0.15, 0.2) is 194 Å². The lowest BCUT2D eigenvalue weighted by atomic mass is 9.92. The van der Waals surface area contributed by atoms with E-state index in [0.29, 0.717) is 17.5 Å². The van der Waals surface area contributed by atoms with Gasteiger partial charge in [-0.05, 0) is 63.4 Å². The van der Waals surface area contributed by atoms with Crippen molar-refractivity contribution in [1.29, 1.82) is 0 Å². The third kappa shape index (κ3) is 5.36. The largest absolute Gasteiger partial charge is 0.309 e. The molecule has 0 saturated carbocycles. The Bertz CT molecular complexity index is 2870. The van der Waals surface area contributed by atoms with E-state index in [0.717, 1.165) is 44.5 Å². The third-order valence-corrected chi connectivity index (χ3v) is 10.0. The van der Waals surface area contributed by atoms with Crippen LogP contribution in [0.4, 0.5) is 0 Å². The Morgan fingerprint density at radius 3 is 1.45 bits per heavy atom. The second kappa shape index (κ2) is 12.9. The normalized spacial score (nSPS) is 11.4. The molecule has 0 N–H and O–H groups in total. The lowest BCUT2D eigenvalue weighted by Gasteiger charge is -2.12. The molecule has 0 aliphatic carbocycles. The summed E-state index contributed by atoms with van der Waals surface area (Å²) in [6.07, 6.45) is 0. The maximum absolute atomic E-state index is 5.05. The van der Waals surface area contributed by atoms with Crippen LogP contribution in [0.3, 0.4) is 0 Å². The lowest BCUT2D eigenvalue weighted by Crippen LogP contribution is -2.00. The van der Waals surface area contributed by atoms with Gasteiger partial charge in [-0.15, -0.1) is 0 Å². The molecule has 0 radical (unpaired) electrons. The van der Waals surface area contributed by atoms with Gasteiger partial charge >= 0.3 is 0 Å². The fourth-order valence-corrected chi connectivity index (χ4v) is 7.65. The summed E-state index contributed by atoms with van der Waals surface area (Å²) in [5.41, 5.74) is 10.9. The summed E-state index contributed by atoms with van der Waals surface area (Å²) >= 11 is 0. The number of fused-ring (bicyclic) bond motifs is 4. The van der Waals surface area contributed by atoms with E-state index in [1.807, 2.05) is 60.7 Å². The molecule has 0 atom stereocenters. The van der Waals surface area contributed by atoms with Gasteiger partial charge in [0.2, 0.25) is 0 Å². The van der Waals surface area contributed by atoms with E-state index in [1.54, 1.807) is 0 Å². The van der Waals surface area contributed by atoms with Crippen LogP contribution in [0.2, 0.25) is 0 Å². The van der Waals surface area contributed by atoms with Gasteiger partial charge in [-0.3, -0.25) is 0 Å². The first-order valence-corrected chi connectivity index (χ1v) is 17.9. The molecule has 0 fully saturated rings. The molecule has 2 aromatic heterocycles. The highest BCUT2D eigenvalue weighted by Crippen LogP contribution is 2.44. The van der Waals surface area contributed by atoms with Crippen molar-refractivity contribution in [2.45, 2.75) is 0 Å². The van der Waals surface area contributed by atoms with Crippen LogP contribution in [0.1, 0.15) is 0 Å². The van der Waals surface area contributed by atoms with Gasteiger partial charge in [0.1, 0.15) is 0 Å². The number of nitrogens with zero attached hydrogens (tertiary/aromatic N) is 4. The van der Waals surface area contributed by atoms with Crippen LogP contribution in [0, 0.1) is 0 Å². The second-order valence-electron chi connectivity index (χ2n) is 13.2. The van der Waals surface area contributed by atoms with E-state index in [9.17, 15) is 0 Å². The molecule has 10 rings (SSSR count). The SMILES string of the molecule is c1ccc(-c2nc(-c3ccccc3)nc(-c3cccc(-c4cccc5c4c4c(-c6cccc7ccccc67)cccc4n5-c4ccccc4)c3)n2)cc1. The summed E-state index contributed by atoms with van der Waals surface area (Å²) < 4.78 is 2.40. The summed E-state index contributed by atoms with van der Waals surface area (Å²) in [6, 6.07) is 68.2. The highest BCUT2D eigenvalue weighted by Gasteiger charge is 2.21. The minimum absolute atomic E-state index is 0.634. The van der Waals surface area contributed by atoms with Gasteiger partial charge in [-0.1, -0.05) is 164 Å². The summed E-state index contributed by atoms with van der Waals surface area (Å²) in [5, 5.41) is 4.89. The lowest BCUT2D eigenvalue weighted by molar-refractivity contribution is 1.07.